The molecular formula is C19H30N6. The Hall–Kier alpha value is -1.95. The number of rotatable bonds is 3. The highest BCUT2D eigenvalue weighted by Crippen LogP contribution is 2.37. The zero-order valence-corrected chi connectivity index (χ0v) is 16.5. The third-order valence-electron chi connectivity index (χ3n) is 5.59. The maximum Gasteiger partial charge on any atom is 0.223 e. The van der Waals surface area contributed by atoms with Gasteiger partial charge in [-0.25, -0.2) is 9.97 Å². The highest BCUT2D eigenvalue weighted by atomic mass is 15.3. The van der Waals surface area contributed by atoms with Crippen molar-refractivity contribution in [3.8, 4) is 11.3 Å². The van der Waals surface area contributed by atoms with Crippen molar-refractivity contribution in [2.75, 3.05) is 12.4 Å². The Balaban J connectivity index is 1.82. The molecule has 2 aromatic rings. The van der Waals surface area contributed by atoms with Crippen molar-refractivity contribution < 1.29 is 0 Å². The Morgan fingerprint density at radius 1 is 1.12 bits per heavy atom. The molecular weight excluding hydrogens is 312 g/mol. The number of aromatic nitrogens is 4. The molecule has 0 bridgehead atoms. The normalized spacial score (nSPS) is 20.6. The molecule has 3 rings (SSSR count). The third kappa shape index (κ3) is 3.54. The van der Waals surface area contributed by atoms with Gasteiger partial charge in [0.15, 0.2) is 0 Å². The summed E-state index contributed by atoms with van der Waals surface area (Å²) < 4.78 is 1.82. The average Bonchev–Trinajstić information content (AvgIpc) is 2.83. The molecule has 0 radical (unpaired) electrons. The Kier molecular flexibility index (Phi) is 4.35. The molecule has 0 atom stereocenters. The van der Waals surface area contributed by atoms with Crippen LogP contribution in [-0.4, -0.2) is 48.8 Å². The molecule has 0 amide bonds. The topological polar surface area (TPSA) is 58.9 Å². The Morgan fingerprint density at radius 3 is 2.32 bits per heavy atom. The van der Waals surface area contributed by atoms with E-state index in [0.717, 1.165) is 29.8 Å². The molecule has 1 fully saturated rings. The summed E-state index contributed by atoms with van der Waals surface area (Å²) in [5.74, 6) is 0.696. The van der Waals surface area contributed by atoms with Crippen LogP contribution in [0, 0.1) is 6.92 Å². The summed E-state index contributed by atoms with van der Waals surface area (Å²) in [6.45, 7) is 11.2. The number of anilines is 1. The second-order valence-corrected chi connectivity index (χ2v) is 8.50. The van der Waals surface area contributed by atoms with Gasteiger partial charge in [0.2, 0.25) is 5.95 Å². The number of hydrogen-bond donors (Lipinski definition) is 1. The van der Waals surface area contributed by atoms with Crippen LogP contribution in [0.1, 0.15) is 46.2 Å². The van der Waals surface area contributed by atoms with E-state index in [1.807, 2.05) is 37.1 Å². The summed E-state index contributed by atoms with van der Waals surface area (Å²) in [6, 6.07) is 2.30. The lowest BCUT2D eigenvalue weighted by molar-refractivity contribution is -0.00778. The zero-order valence-electron chi connectivity index (χ0n) is 16.5. The molecule has 136 valence electrons. The van der Waals surface area contributed by atoms with Crippen molar-refractivity contribution in [2.24, 2.45) is 7.05 Å². The van der Waals surface area contributed by atoms with Crippen molar-refractivity contribution in [1.29, 1.82) is 0 Å². The van der Waals surface area contributed by atoms with Crippen LogP contribution in [0.4, 0.5) is 5.95 Å². The molecule has 6 heteroatoms. The van der Waals surface area contributed by atoms with Crippen molar-refractivity contribution in [1.82, 2.24) is 24.6 Å². The minimum Gasteiger partial charge on any atom is -0.351 e. The van der Waals surface area contributed by atoms with Gasteiger partial charge in [0, 0.05) is 42.1 Å². The van der Waals surface area contributed by atoms with Gasteiger partial charge in [-0.05, 0) is 60.6 Å². The first-order valence-corrected chi connectivity index (χ1v) is 8.93. The Bertz CT molecular complexity index is 743. The quantitative estimate of drug-likeness (QED) is 0.928. The van der Waals surface area contributed by atoms with E-state index in [1.165, 1.54) is 0 Å². The molecule has 0 aromatic carbocycles. The lowest BCUT2D eigenvalue weighted by Crippen LogP contribution is -2.61. The van der Waals surface area contributed by atoms with Gasteiger partial charge >= 0.3 is 0 Å². The molecule has 25 heavy (non-hydrogen) atoms. The molecule has 0 aliphatic carbocycles. The van der Waals surface area contributed by atoms with Crippen molar-refractivity contribution in [3.63, 3.8) is 0 Å². The molecule has 1 N–H and O–H groups in total. The van der Waals surface area contributed by atoms with Gasteiger partial charge in [0.05, 0.1) is 11.4 Å². The van der Waals surface area contributed by atoms with Crippen molar-refractivity contribution >= 4 is 5.95 Å². The van der Waals surface area contributed by atoms with Crippen LogP contribution in [0.25, 0.3) is 11.3 Å². The van der Waals surface area contributed by atoms with E-state index < -0.39 is 0 Å². The first-order chi connectivity index (χ1) is 11.6. The van der Waals surface area contributed by atoms with Crippen LogP contribution in [0.15, 0.2) is 18.5 Å². The second-order valence-electron chi connectivity index (χ2n) is 8.50. The molecule has 1 saturated heterocycles. The predicted octanol–water partition coefficient (Wildman–Crippen LogP) is 3.25. The van der Waals surface area contributed by atoms with Gasteiger partial charge in [0.1, 0.15) is 0 Å². The van der Waals surface area contributed by atoms with Gasteiger partial charge in [-0.15, -0.1) is 0 Å². The third-order valence-corrected chi connectivity index (χ3v) is 5.59. The fourth-order valence-corrected chi connectivity index (χ4v) is 4.09. The first-order valence-electron chi connectivity index (χ1n) is 8.93. The summed E-state index contributed by atoms with van der Waals surface area (Å²) >= 11 is 0. The maximum atomic E-state index is 4.74. The van der Waals surface area contributed by atoms with Crippen LogP contribution in [-0.2, 0) is 7.05 Å². The molecule has 1 aliphatic rings. The van der Waals surface area contributed by atoms with Crippen molar-refractivity contribution in [3.05, 3.63) is 24.2 Å². The average molecular weight is 342 g/mol. The van der Waals surface area contributed by atoms with E-state index in [-0.39, 0.29) is 11.1 Å². The number of nitrogens with one attached hydrogen (secondary N) is 1. The predicted molar refractivity (Wildman–Crippen MR) is 102 cm³/mol. The van der Waals surface area contributed by atoms with E-state index in [2.05, 4.69) is 55.0 Å². The molecule has 6 nitrogen and oxygen atoms in total. The Morgan fingerprint density at radius 2 is 1.76 bits per heavy atom. The standard InChI is InChI=1S/C19H30N6/c1-13-15(12-24(6)23-13)16-8-9-20-17(22-16)21-14-10-18(2,3)25(7)19(4,5)11-14/h8-9,12,14H,10-11H2,1-7H3,(H,20,21,22). The van der Waals surface area contributed by atoms with Gasteiger partial charge in [-0.2, -0.15) is 5.10 Å². The number of piperidine rings is 1. The summed E-state index contributed by atoms with van der Waals surface area (Å²) in [5, 5.41) is 7.98. The maximum absolute atomic E-state index is 4.74. The second kappa shape index (κ2) is 6.09. The minimum absolute atomic E-state index is 0.136. The summed E-state index contributed by atoms with van der Waals surface area (Å²) in [7, 11) is 4.15. The largest absolute Gasteiger partial charge is 0.351 e. The molecule has 3 heterocycles. The van der Waals surface area contributed by atoms with E-state index in [4.69, 9.17) is 4.98 Å². The zero-order chi connectivity index (χ0) is 18.4. The van der Waals surface area contributed by atoms with E-state index in [0.29, 0.717) is 12.0 Å². The summed E-state index contributed by atoms with van der Waals surface area (Å²) in [6.07, 6.45) is 5.95. The number of likely N-dealkylation sites (tertiary alicyclic amines) is 1. The van der Waals surface area contributed by atoms with Crippen LogP contribution < -0.4 is 5.32 Å². The van der Waals surface area contributed by atoms with Crippen LogP contribution >= 0.6 is 0 Å². The first kappa shape index (κ1) is 17.9. The summed E-state index contributed by atoms with van der Waals surface area (Å²) in [5.41, 5.74) is 3.22. The molecule has 0 saturated carbocycles. The molecule has 0 spiro atoms. The smallest absolute Gasteiger partial charge is 0.223 e. The van der Waals surface area contributed by atoms with E-state index >= 15 is 0 Å². The Labute approximate surface area is 150 Å². The highest BCUT2D eigenvalue weighted by molar-refractivity contribution is 5.61. The van der Waals surface area contributed by atoms with Crippen LogP contribution in [0.2, 0.25) is 0 Å². The van der Waals surface area contributed by atoms with Gasteiger partial charge in [0.25, 0.3) is 0 Å². The fraction of sp³-hybridized carbons (Fsp3) is 0.632. The number of aryl methyl sites for hydroxylation is 2. The van der Waals surface area contributed by atoms with Crippen molar-refractivity contribution in [2.45, 2.75) is 64.6 Å². The van der Waals surface area contributed by atoms with Gasteiger partial charge in [-0.1, -0.05) is 0 Å². The minimum atomic E-state index is 0.136. The van der Waals surface area contributed by atoms with Gasteiger partial charge < -0.3 is 5.32 Å². The summed E-state index contributed by atoms with van der Waals surface area (Å²) in [4.78, 5) is 11.7. The SMILES string of the molecule is Cc1nn(C)cc1-c1ccnc(NC2CC(C)(C)N(C)C(C)(C)C2)n1. The van der Waals surface area contributed by atoms with Gasteiger partial charge in [-0.3, -0.25) is 9.58 Å². The number of hydrogen-bond acceptors (Lipinski definition) is 5. The van der Waals surface area contributed by atoms with Crippen LogP contribution in [0.3, 0.4) is 0 Å². The molecule has 1 aliphatic heterocycles. The highest BCUT2D eigenvalue weighted by Gasteiger charge is 2.43. The lowest BCUT2D eigenvalue weighted by atomic mass is 9.77. The van der Waals surface area contributed by atoms with E-state index in [9.17, 15) is 0 Å². The fourth-order valence-electron chi connectivity index (χ4n) is 4.09. The monoisotopic (exact) mass is 342 g/mol. The molecule has 0 unspecified atom stereocenters. The van der Waals surface area contributed by atoms with Crippen LogP contribution in [0.5, 0.6) is 0 Å². The lowest BCUT2D eigenvalue weighted by Gasteiger charge is -2.53. The molecule has 2 aromatic heterocycles. The number of nitrogens with zero attached hydrogens (tertiary/aromatic N) is 5. The van der Waals surface area contributed by atoms with E-state index in [1.54, 1.807) is 0 Å².